The van der Waals surface area contributed by atoms with Gasteiger partial charge < -0.3 is 9.64 Å². The number of rotatable bonds is 4. The van der Waals surface area contributed by atoms with Crippen LogP contribution < -0.4 is 0 Å². The van der Waals surface area contributed by atoms with Crippen molar-refractivity contribution < 1.29 is 14.3 Å². The number of halogens is 2. The van der Waals surface area contributed by atoms with Gasteiger partial charge in [-0.15, -0.1) is 0 Å². The zero-order valence-electron chi connectivity index (χ0n) is 14.8. The Kier molecular flexibility index (Phi) is 6.31. The second kappa shape index (κ2) is 8.69. The van der Waals surface area contributed by atoms with Crippen molar-refractivity contribution in [2.45, 2.75) is 6.04 Å². The molecule has 1 aliphatic rings. The molecule has 0 N–H and O–H groups in total. The van der Waals surface area contributed by atoms with E-state index < -0.39 is 6.04 Å². The highest BCUT2D eigenvalue weighted by Crippen LogP contribution is 2.25. The summed E-state index contributed by atoms with van der Waals surface area (Å²) in [7, 11) is 1.37. The van der Waals surface area contributed by atoms with Gasteiger partial charge in [0.25, 0.3) is 5.91 Å². The van der Waals surface area contributed by atoms with Crippen molar-refractivity contribution in [3.63, 3.8) is 0 Å². The van der Waals surface area contributed by atoms with E-state index >= 15 is 0 Å². The van der Waals surface area contributed by atoms with Crippen LogP contribution in [0.25, 0.3) is 0 Å². The predicted molar refractivity (Wildman–Crippen MR) is 103 cm³/mol. The van der Waals surface area contributed by atoms with E-state index in [1.165, 1.54) is 13.3 Å². The molecule has 1 fully saturated rings. The number of amides is 1. The molecule has 8 heteroatoms. The molecule has 27 heavy (non-hydrogen) atoms. The van der Waals surface area contributed by atoms with Gasteiger partial charge in [0.05, 0.1) is 7.11 Å². The summed E-state index contributed by atoms with van der Waals surface area (Å²) in [4.78, 5) is 32.8. The largest absolute Gasteiger partial charge is 0.468 e. The fraction of sp³-hybridized carbons (Fsp3) is 0.316. The number of piperazine rings is 1. The molecule has 0 bridgehead atoms. The summed E-state index contributed by atoms with van der Waals surface area (Å²) in [5.41, 5.74) is 1.13. The molecule has 1 atom stereocenters. The van der Waals surface area contributed by atoms with E-state index in [0.29, 0.717) is 41.9 Å². The minimum absolute atomic E-state index is 0.168. The average Bonchev–Trinajstić information content (AvgIpc) is 2.69. The first-order valence-electron chi connectivity index (χ1n) is 8.48. The lowest BCUT2D eigenvalue weighted by atomic mass is 10.0. The van der Waals surface area contributed by atoms with Gasteiger partial charge in [0.2, 0.25) is 0 Å². The van der Waals surface area contributed by atoms with Gasteiger partial charge in [-0.2, -0.15) is 0 Å². The molecule has 1 aromatic heterocycles. The molecule has 2 aromatic rings. The van der Waals surface area contributed by atoms with Crippen LogP contribution in [0.2, 0.25) is 10.0 Å². The minimum Gasteiger partial charge on any atom is -0.468 e. The van der Waals surface area contributed by atoms with E-state index in [9.17, 15) is 9.59 Å². The Morgan fingerprint density at radius 1 is 1.04 bits per heavy atom. The van der Waals surface area contributed by atoms with Crippen molar-refractivity contribution >= 4 is 35.1 Å². The summed E-state index contributed by atoms with van der Waals surface area (Å²) in [6.07, 6.45) is 1.51. The molecule has 1 aromatic carbocycles. The smallest absolute Gasteiger partial charge is 0.327 e. The molecule has 0 aliphatic carbocycles. The number of hydrogen-bond donors (Lipinski definition) is 0. The van der Waals surface area contributed by atoms with Gasteiger partial charge in [-0.25, -0.2) is 4.79 Å². The first-order valence-corrected chi connectivity index (χ1v) is 9.23. The predicted octanol–water partition coefficient (Wildman–Crippen LogP) is 3.06. The molecule has 0 saturated carbocycles. The Morgan fingerprint density at radius 2 is 1.70 bits per heavy atom. The van der Waals surface area contributed by atoms with E-state index in [-0.39, 0.29) is 11.9 Å². The van der Waals surface area contributed by atoms with Crippen LogP contribution in [-0.4, -0.2) is 59.9 Å². The highest BCUT2D eigenvalue weighted by atomic mass is 35.5. The Balaban J connectivity index is 1.71. The van der Waals surface area contributed by atoms with Crippen molar-refractivity contribution in [1.29, 1.82) is 0 Å². The fourth-order valence-corrected chi connectivity index (χ4v) is 3.41. The Bertz CT molecular complexity index is 821. The number of aromatic nitrogens is 1. The topological polar surface area (TPSA) is 62.7 Å². The molecule has 142 valence electrons. The molecular weight excluding hydrogens is 389 g/mol. The lowest BCUT2D eigenvalue weighted by molar-refractivity contribution is -0.148. The molecule has 1 saturated heterocycles. The lowest BCUT2D eigenvalue weighted by Crippen LogP contribution is -2.51. The fourth-order valence-electron chi connectivity index (χ4n) is 3.12. The third kappa shape index (κ3) is 4.58. The summed E-state index contributed by atoms with van der Waals surface area (Å²) in [6, 6.07) is 9.78. The zero-order chi connectivity index (χ0) is 19.4. The van der Waals surface area contributed by atoms with E-state index in [4.69, 9.17) is 27.9 Å². The second-order valence-electron chi connectivity index (χ2n) is 6.16. The number of carbonyl (C=O) groups is 2. The van der Waals surface area contributed by atoms with Crippen LogP contribution in [0.4, 0.5) is 0 Å². The quantitative estimate of drug-likeness (QED) is 0.728. The second-order valence-corrected chi connectivity index (χ2v) is 7.04. The van der Waals surface area contributed by atoms with Gasteiger partial charge in [-0.1, -0.05) is 35.3 Å². The SMILES string of the molecule is COC(=O)C(c1ccc(Cl)cc1)N1CCN(C(=O)c2cc(Cl)ccn2)CC1. The summed E-state index contributed by atoms with van der Waals surface area (Å²) in [5.74, 6) is -0.508. The van der Waals surface area contributed by atoms with Crippen LogP contribution >= 0.6 is 23.2 Å². The Morgan fingerprint density at radius 3 is 2.30 bits per heavy atom. The number of pyridine rings is 1. The Hall–Kier alpha value is -2.15. The molecule has 0 radical (unpaired) electrons. The normalized spacial score (nSPS) is 16.0. The molecule has 2 heterocycles. The van der Waals surface area contributed by atoms with Crippen LogP contribution in [0.5, 0.6) is 0 Å². The van der Waals surface area contributed by atoms with Crippen molar-refractivity contribution in [2.75, 3.05) is 33.3 Å². The van der Waals surface area contributed by atoms with Gasteiger partial charge in [0, 0.05) is 42.4 Å². The molecule has 6 nitrogen and oxygen atoms in total. The van der Waals surface area contributed by atoms with Crippen LogP contribution in [0, 0.1) is 0 Å². The summed E-state index contributed by atoms with van der Waals surface area (Å²) in [5, 5.41) is 1.08. The highest BCUT2D eigenvalue weighted by Gasteiger charge is 2.32. The number of nitrogens with zero attached hydrogens (tertiary/aromatic N) is 3. The molecular formula is C19H19Cl2N3O3. The minimum atomic E-state index is -0.534. The standard InChI is InChI=1S/C19H19Cl2N3O3/c1-27-19(26)17(13-2-4-14(20)5-3-13)23-8-10-24(11-9-23)18(25)16-12-15(21)6-7-22-16/h2-7,12,17H,8-11H2,1H3. The van der Waals surface area contributed by atoms with Gasteiger partial charge in [0.1, 0.15) is 11.7 Å². The number of ether oxygens (including phenoxy) is 1. The molecule has 1 unspecified atom stereocenters. The van der Waals surface area contributed by atoms with Crippen LogP contribution in [-0.2, 0) is 9.53 Å². The molecule has 3 rings (SSSR count). The maximum atomic E-state index is 12.6. The zero-order valence-corrected chi connectivity index (χ0v) is 16.3. The monoisotopic (exact) mass is 407 g/mol. The Labute approximate surface area is 167 Å². The van der Waals surface area contributed by atoms with Crippen LogP contribution in [0.15, 0.2) is 42.6 Å². The summed E-state index contributed by atoms with van der Waals surface area (Å²) < 4.78 is 4.99. The number of carbonyl (C=O) groups excluding carboxylic acids is 2. The third-order valence-electron chi connectivity index (χ3n) is 4.52. The number of esters is 1. The van der Waals surface area contributed by atoms with Crippen LogP contribution in [0.3, 0.4) is 0 Å². The highest BCUT2D eigenvalue weighted by molar-refractivity contribution is 6.31. The number of hydrogen-bond acceptors (Lipinski definition) is 5. The maximum Gasteiger partial charge on any atom is 0.327 e. The van der Waals surface area contributed by atoms with E-state index in [1.54, 1.807) is 29.2 Å². The van der Waals surface area contributed by atoms with Crippen molar-refractivity contribution in [3.8, 4) is 0 Å². The van der Waals surface area contributed by atoms with E-state index in [2.05, 4.69) is 4.98 Å². The van der Waals surface area contributed by atoms with Crippen molar-refractivity contribution in [1.82, 2.24) is 14.8 Å². The summed E-state index contributed by atoms with van der Waals surface area (Å²) in [6.45, 7) is 2.03. The first-order chi connectivity index (χ1) is 13.0. The van der Waals surface area contributed by atoms with Gasteiger partial charge in [-0.3, -0.25) is 14.7 Å². The lowest BCUT2D eigenvalue weighted by Gasteiger charge is -2.38. The molecule has 0 spiro atoms. The maximum absolute atomic E-state index is 12.6. The van der Waals surface area contributed by atoms with Crippen LogP contribution in [0.1, 0.15) is 22.1 Å². The number of benzene rings is 1. The number of methoxy groups -OCH3 is 1. The molecule has 1 aliphatic heterocycles. The van der Waals surface area contributed by atoms with Crippen molar-refractivity contribution in [2.24, 2.45) is 0 Å². The van der Waals surface area contributed by atoms with E-state index in [0.717, 1.165) is 5.56 Å². The van der Waals surface area contributed by atoms with E-state index in [1.807, 2.05) is 17.0 Å². The molecule has 1 amide bonds. The van der Waals surface area contributed by atoms with Crippen molar-refractivity contribution in [3.05, 3.63) is 63.9 Å². The first kappa shape index (κ1) is 19.6. The van der Waals surface area contributed by atoms with Gasteiger partial charge in [0.15, 0.2) is 0 Å². The summed E-state index contributed by atoms with van der Waals surface area (Å²) >= 11 is 11.9. The van der Waals surface area contributed by atoms with Gasteiger partial charge in [-0.05, 0) is 29.8 Å². The van der Waals surface area contributed by atoms with Gasteiger partial charge >= 0.3 is 5.97 Å². The third-order valence-corrected chi connectivity index (χ3v) is 5.00. The average molecular weight is 408 g/mol.